The summed E-state index contributed by atoms with van der Waals surface area (Å²) >= 11 is 3.64. The first kappa shape index (κ1) is 14.2. The van der Waals surface area contributed by atoms with Crippen LogP contribution in [0, 0.1) is 23.7 Å². The Kier molecular flexibility index (Phi) is 3.29. The van der Waals surface area contributed by atoms with E-state index in [2.05, 4.69) is 21.2 Å². The van der Waals surface area contributed by atoms with Crippen molar-refractivity contribution in [2.45, 2.75) is 30.3 Å². The molecule has 1 heterocycles. The molecule has 2 aliphatic carbocycles. The van der Waals surface area contributed by atoms with Gasteiger partial charge >= 0.3 is 5.97 Å². The second-order valence-corrected chi connectivity index (χ2v) is 7.66. The van der Waals surface area contributed by atoms with Gasteiger partial charge in [0, 0.05) is 5.92 Å². The summed E-state index contributed by atoms with van der Waals surface area (Å²) in [6.07, 6.45) is 0.882. The Morgan fingerprint density at radius 1 is 1.32 bits per heavy atom. The summed E-state index contributed by atoms with van der Waals surface area (Å²) in [6, 6.07) is 9.82. The number of fused-ring (bicyclic) bond motifs is 1. The summed E-state index contributed by atoms with van der Waals surface area (Å²) in [5, 5.41) is 3.08. The van der Waals surface area contributed by atoms with Gasteiger partial charge in [-0.15, -0.1) is 0 Å². The number of nitrogens with one attached hydrogen (secondary N) is 1. The van der Waals surface area contributed by atoms with Gasteiger partial charge in [-0.2, -0.15) is 0 Å². The molecule has 1 N–H and O–H groups in total. The highest BCUT2D eigenvalue weighted by Crippen LogP contribution is 2.59. The Balaban J connectivity index is 1.53. The Hall–Kier alpha value is -1.36. The van der Waals surface area contributed by atoms with Gasteiger partial charge in [-0.25, -0.2) is 0 Å². The van der Waals surface area contributed by atoms with Crippen LogP contribution in [0.3, 0.4) is 0 Å². The van der Waals surface area contributed by atoms with Crippen molar-refractivity contribution in [1.29, 1.82) is 0 Å². The molecule has 1 aromatic carbocycles. The van der Waals surface area contributed by atoms with Crippen LogP contribution in [-0.4, -0.2) is 22.8 Å². The van der Waals surface area contributed by atoms with Crippen molar-refractivity contribution in [3.63, 3.8) is 0 Å². The van der Waals surface area contributed by atoms with Gasteiger partial charge in [-0.05, 0) is 24.8 Å². The Bertz CT molecular complexity index is 620. The van der Waals surface area contributed by atoms with E-state index >= 15 is 0 Å². The maximum atomic E-state index is 12.8. The molecule has 0 spiro atoms. The number of carbonyl (C=O) groups is 2. The molecular formula is C17H18BrNO3. The number of hydrogen-bond donors (Lipinski definition) is 1. The van der Waals surface area contributed by atoms with Crippen LogP contribution in [0.2, 0.25) is 0 Å². The lowest BCUT2D eigenvalue weighted by atomic mass is 9.79. The van der Waals surface area contributed by atoms with Gasteiger partial charge in [-0.1, -0.05) is 46.3 Å². The van der Waals surface area contributed by atoms with Gasteiger partial charge in [0.1, 0.15) is 6.10 Å². The summed E-state index contributed by atoms with van der Waals surface area (Å²) < 4.78 is 5.46. The van der Waals surface area contributed by atoms with E-state index in [-0.39, 0.29) is 52.5 Å². The van der Waals surface area contributed by atoms with E-state index in [4.69, 9.17) is 4.74 Å². The lowest BCUT2D eigenvalue weighted by molar-refractivity contribution is -0.146. The number of rotatable bonds is 3. The molecule has 0 radical (unpaired) electrons. The quantitative estimate of drug-likeness (QED) is 0.662. The monoisotopic (exact) mass is 363 g/mol. The van der Waals surface area contributed by atoms with Crippen molar-refractivity contribution in [3.05, 3.63) is 35.9 Å². The molecule has 5 heteroatoms. The third-order valence-electron chi connectivity index (χ3n) is 5.48. The standard InChI is InChI=1S/C17H18BrNO3/c1-8(9-5-3-2-4-6-9)19-16(20)12-10-7-11-13(12)17(21)22-15(11)14(10)18/h2-6,8,10-15H,7H2,1H3,(H,19,20)/t8-,10+,11+,12+,13-,14+,15-/m0/s1. The van der Waals surface area contributed by atoms with Crippen molar-refractivity contribution in [2.24, 2.45) is 23.7 Å². The van der Waals surface area contributed by atoms with Crippen LogP contribution in [-0.2, 0) is 14.3 Å². The molecule has 1 aliphatic heterocycles. The highest BCUT2D eigenvalue weighted by molar-refractivity contribution is 9.09. The fourth-order valence-corrected chi connectivity index (χ4v) is 5.51. The van der Waals surface area contributed by atoms with Crippen LogP contribution < -0.4 is 5.32 Å². The van der Waals surface area contributed by atoms with Crippen LogP contribution in [0.1, 0.15) is 24.9 Å². The number of amides is 1. The maximum Gasteiger partial charge on any atom is 0.310 e. The summed E-state index contributed by atoms with van der Waals surface area (Å²) in [5.74, 6) is -0.291. The van der Waals surface area contributed by atoms with Crippen LogP contribution >= 0.6 is 15.9 Å². The molecule has 3 fully saturated rings. The minimum Gasteiger partial charge on any atom is -0.461 e. The molecule has 3 aliphatic rings. The van der Waals surface area contributed by atoms with Crippen LogP contribution in [0.15, 0.2) is 30.3 Å². The molecule has 4 nitrogen and oxygen atoms in total. The molecule has 4 rings (SSSR count). The normalized spacial score (nSPS) is 39.6. The third-order valence-corrected chi connectivity index (χ3v) is 6.68. The van der Waals surface area contributed by atoms with Crippen LogP contribution in [0.5, 0.6) is 0 Å². The molecule has 1 amide bonds. The molecule has 116 valence electrons. The number of hydrogen-bond acceptors (Lipinski definition) is 3. The van der Waals surface area contributed by atoms with E-state index in [1.807, 2.05) is 37.3 Å². The Labute approximate surface area is 137 Å². The summed E-state index contributed by atoms with van der Waals surface area (Å²) in [5.41, 5.74) is 1.07. The molecule has 2 bridgehead atoms. The second-order valence-electron chi connectivity index (χ2n) is 6.60. The van der Waals surface area contributed by atoms with E-state index < -0.39 is 0 Å². The van der Waals surface area contributed by atoms with E-state index in [0.29, 0.717) is 0 Å². The fraction of sp³-hybridized carbons (Fsp3) is 0.529. The van der Waals surface area contributed by atoms with Crippen molar-refractivity contribution in [2.75, 3.05) is 0 Å². The van der Waals surface area contributed by atoms with Gasteiger partial charge < -0.3 is 10.1 Å². The van der Waals surface area contributed by atoms with Crippen molar-refractivity contribution in [1.82, 2.24) is 5.32 Å². The smallest absolute Gasteiger partial charge is 0.310 e. The summed E-state index contributed by atoms with van der Waals surface area (Å²) in [4.78, 5) is 25.0. The predicted octanol–water partition coefficient (Wildman–Crippen LogP) is 2.43. The minimum atomic E-state index is -0.258. The molecule has 7 atom stereocenters. The topological polar surface area (TPSA) is 55.4 Å². The largest absolute Gasteiger partial charge is 0.461 e. The first-order valence-corrected chi connectivity index (χ1v) is 8.69. The zero-order valence-corrected chi connectivity index (χ0v) is 13.8. The molecule has 1 aromatic rings. The number of ether oxygens (including phenoxy) is 1. The zero-order chi connectivity index (χ0) is 15.4. The lowest BCUT2D eigenvalue weighted by Gasteiger charge is -2.28. The molecule has 0 unspecified atom stereocenters. The third kappa shape index (κ3) is 1.94. The Morgan fingerprint density at radius 3 is 2.77 bits per heavy atom. The number of carbonyl (C=O) groups excluding carboxylic acids is 2. The average molecular weight is 364 g/mol. The van der Waals surface area contributed by atoms with Gasteiger partial charge in [-0.3, -0.25) is 9.59 Å². The molecule has 2 saturated carbocycles. The van der Waals surface area contributed by atoms with Gasteiger partial charge in [0.2, 0.25) is 5.91 Å². The lowest BCUT2D eigenvalue weighted by Crippen LogP contribution is -2.43. The molecular weight excluding hydrogens is 346 g/mol. The molecule has 0 aromatic heterocycles. The van der Waals surface area contributed by atoms with Gasteiger partial charge in [0.15, 0.2) is 0 Å². The van der Waals surface area contributed by atoms with Crippen LogP contribution in [0.25, 0.3) is 0 Å². The van der Waals surface area contributed by atoms with Crippen molar-refractivity contribution >= 4 is 27.8 Å². The fourth-order valence-electron chi connectivity index (χ4n) is 4.47. The SMILES string of the molecule is C[C@H](NC(=O)[C@@H]1[C@H]2C[C@H]3[C@H](OC(=O)[C@@H]31)[C@@H]2Br)c1ccccc1. The van der Waals surface area contributed by atoms with Crippen molar-refractivity contribution < 1.29 is 14.3 Å². The molecule has 22 heavy (non-hydrogen) atoms. The number of esters is 1. The zero-order valence-electron chi connectivity index (χ0n) is 12.2. The summed E-state index contributed by atoms with van der Waals surface area (Å²) in [7, 11) is 0. The average Bonchev–Trinajstić information content (AvgIpc) is 3.12. The van der Waals surface area contributed by atoms with E-state index in [9.17, 15) is 9.59 Å². The second kappa shape index (κ2) is 5.08. The van der Waals surface area contributed by atoms with E-state index in [1.165, 1.54) is 0 Å². The predicted molar refractivity (Wildman–Crippen MR) is 84.2 cm³/mol. The minimum absolute atomic E-state index is 0.0180. The highest BCUT2D eigenvalue weighted by Gasteiger charge is 2.67. The van der Waals surface area contributed by atoms with E-state index in [1.54, 1.807) is 0 Å². The van der Waals surface area contributed by atoms with E-state index in [0.717, 1.165) is 12.0 Å². The maximum absolute atomic E-state index is 12.8. The number of halogens is 1. The van der Waals surface area contributed by atoms with Gasteiger partial charge in [0.25, 0.3) is 0 Å². The van der Waals surface area contributed by atoms with Gasteiger partial charge in [0.05, 0.1) is 22.7 Å². The summed E-state index contributed by atoms with van der Waals surface area (Å²) in [6.45, 7) is 1.97. The molecule has 1 saturated heterocycles. The Morgan fingerprint density at radius 2 is 2.05 bits per heavy atom. The highest BCUT2D eigenvalue weighted by atomic mass is 79.9. The van der Waals surface area contributed by atoms with Crippen molar-refractivity contribution in [3.8, 4) is 0 Å². The first-order chi connectivity index (χ1) is 10.6. The number of benzene rings is 1. The number of alkyl halides is 1. The van der Waals surface area contributed by atoms with Crippen LogP contribution in [0.4, 0.5) is 0 Å². The first-order valence-electron chi connectivity index (χ1n) is 7.78.